The van der Waals surface area contributed by atoms with Crippen LogP contribution < -0.4 is 20.4 Å². The zero-order chi connectivity index (χ0) is 25.1. The maximum atomic E-state index is 7.22. The summed E-state index contributed by atoms with van der Waals surface area (Å²) in [5, 5.41) is 6.89. The van der Waals surface area contributed by atoms with Gasteiger partial charge in [0, 0.05) is 11.1 Å². The fraction of sp³-hybridized carbons (Fsp3) is 0.467. The van der Waals surface area contributed by atoms with Crippen molar-refractivity contribution in [1.82, 2.24) is 15.3 Å². The van der Waals surface area contributed by atoms with Gasteiger partial charge in [0.1, 0.15) is 5.82 Å². The van der Waals surface area contributed by atoms with Gasteiger partial charge >= 0.3 is 0 Å². The molecule has 6 heteroatoms. The Morgan fingerprint density at radius 2 is 1.67 bits per heavy atom. The van der Waals surface area contributed by atoms with Gasteiger partial charge in [-0.15, -0.1) is 0 Å². The van der Waals surface area contributed by atoms with Crippen LogP contribution in [0.15, 0.2) is 67.0 Å². The van der Waals surface area contributed by atoms with Gasteiger partial charge in [0.15, 0.2) is 5.75 Å². The van der Waals surface area contributed by atoms with E-state index in [4.69, 9.17) is 19.1 Å². The van der Waals surface area contributed by atoms with Crippen LogP contribution in [-0.2, 0) is 9.46 Å². The third-order valence-corrected chi connectivity index (χ3v) is 13.8. The lowest BCUT2D eigenvalue weighted by Crippen LogP contribution is -2.95. The first-order chi connectivity index (χ1) is 17.4. The van der Waals surface area contributed by atoms with E-state index in [1.54, 1.807) is 0 Å². The number of nitrogens with zero attached hydrogens (tertiary/aromatic N) is 2. The molecule has 0 spiro atoms. The summed E-state index contributed by atoms with van der Waals surface area (Å²) < 4.78 is 13.0. The van der Waals surface area contributed by atoms with Crippen LogP contribution in [0.1, 0.15) is 64.9 Å². The van der Waals surface area contributed by atoms with E-state index >= 15 is 0 Å². The van der Waals surface area contributed by atoms with Crippen LogP contribution in [-0.4, -0.2) is 36.5 Å². The van der Waals surface area contributed by atoms with Gasteiger partial charge in [0.25, 0.3) is 8.32 Å². The van der Waals surface area contributed by atoms with E-state index in [1.165, 1.54) is 15.9 Å². The highest BCUT2D eigenvalue weighted by Gasteiger charge is 2.78. The Morgan fingerprint density at radius 1 is 0.972 bits per heavy atom. The van der Waals surface area contributed by atoms with Crippen LogP contribution >= 0.6 is 0 Å². The monoisotopic (exact) mass is 499 g/mol. The van der Waals surface area contributed by atoms with Gasteiger partial charge in [-0.05, 0) is 54.5 Å². The molecule has 0 bridgehead atoms. The Balaban J connectivity index is 1.33. The van der Waals surface area contributed by atoms with E-state index in [9.17, 15) is 0 Å². The molecule has 2 aromatic carbocycles. The minimum atomic E-state index is -2.26. The first-order valence-corrected chi connectivity index (χ1v) is 15.3. The van der Waals surface area contributed by atoms with E-state index in [0.717, 1.165) is 24.4 Å². The molecule has 6 rings (SSSR count). The molecule has 3 aliphatic heterocycles. The molecule has 0 aliphatic carbocycles. The van der Waals surface area contributed by atoms with Crippen molar-refractivity contribution in [2.45, 2.75) is 76.8 Å². The Hall–Kier alpha value is -2.54. The number of benzene rings is 2. The predicted molar refractivity (Wildman–Crippen MR) is 145 cm³/mol. The zero-order valence-corrected chi connectivity index (χ0v) is 22.9. The topological polar surface area (TPSA) is 56.3 Å². The number of hydrogen-bond acceptors (Lipinski definition) is 5. The number of hydrogen-bond donors (Lipinski definition) is 1. The minimum Gasteiger partial charge on any atom is -0.488 e. The smallest absolute Gasteiger partial charge is 0.269 e. The lowest BCUT2D eigenvalue weighted by molar-refractivity contribution is -0.0259. The average molecular weight is 500 g/mol. The molecular formula is C30H37N3O2Si. The minimum absolute atomic E-state index is 0.0491. The molecule has 0 saturated carbocycles. The van der Waals surface area contributed by atoms with Gasteiger partial charge in [-0.25, -0.2) is 9.97 Å². The third-order valence-electron chi connectivity index (χ3n) is 8.81. The van der Waals surface area contributed by atoms with E-state index in [-0.39, 0.29) is 29.3 Å². The Labute approximate surface area is 215 Å². The highest BCUT2D eigenvalue weighted by molar-refractivity contribution is 7.05. The molecule has 2 fully saturated rings. The largest absolute Gasteiger partial charge is 0.488 e. The second-order valence-corrected chi connectivity index (χ2v) is 15.3. The normalized spacial score (nSPS) is 32.9. The molecular weight excluding hydrogens is 462 g/mol. The van der Waals surface area contributed by atoms with Gasteiger partial charge in [0.2, 0.25) is 0 Å². The van der Waals surface area contributed by atoms with Crippen molar-refractivity contribution >= 4 is 18.7 Å². The molecule has 6 unspecified atom stereocenters. The van der Waals surface area contributed by atoms with E-state index in [1.807, 2.05) is 26.2 Å². The van der Waals surface area contributed by atoms with Gasteiger partial charge in [0.05, 0.1) is 30.6 Å². The van der Waals surface area contributed by atoms with Crippen LogP contribution in [0.2, 0.25) is 0 Å². The third kappa shape index (κ3) is 3.34. The van der Waals surface area contributed by atoms with Gasteiger partial charge in [-0.3, -0.25) is 0 Å². The van der Waals surface area contributed by atoms with Gasteiger partial charge < -0.3 is 14.5 Å². The number of nitrogens with one attached hydrogen (secondary N) is 1. The summed E-state index contributed by atoms with van der Waals surface area (Å²) in [6, 6.07) is 20.3. The molecule has 0 radical (unpaired) electrons. The maximum Gasteiger partial charge on any atom is 0.269 e. The Bertz CT molecular complexity index is 1230. The molecule has 2 saturated heterocycles. The predicted octanol–water partition coefficient (Wildman–Crippen LogP) is 4.30. The van der Waals surface area contributed by atoms with Crippen molar-refractivity contribution in [2.24, 2.45) is 11.8 Å². The highest BCUT2D eigenvalue weighted by atomic mass is 28.4. The quantitative estimate of drug-likeness (QED) is 0.513. The summed E-state index contributed by atoms with van der Waals surface area (Å²) in [6.45, 7) is 11.2. The summed E-state index contributed by atoms with van der Waals surface area (Å²) in [6.07, 6.45) is 6.04. The van der Waals surface area contributed by atoms with Crippen LogP contribution in [0.3, 0.4) is 0 Å². The van der Waals surface area contributed by atoms with Crippen molar-refractivity contribution in [1.29, 1.82) is 0 Å². The van der Waals surface area contributed by atoms with Crippen molar-refractivity contribution in [3.8, 4) is 5.75 Å². The average Bonchev–Trinajstić information content (AvgIpc) is 2.88. The summed E-state index contributed by atoms with van der Waals surface area (Å²) in [5.41, 5.74) is 1.48. The number of rotatable bonds is 6. The lowest BCUT2D eigenvalue weighted by Gasteiger charge is -2.71. The first kappa shape index (κ1) is 23.8. The summed E-state index contributed by atoms with van der Waals surface area (Å²) in [5.74, 6) is 2.69. The second kappa shape index (κ2) is 8.79. The Morgan fingerprint density at radius 3 is 2.36 bits per heavy atom. The van der Waals surface area contributed by atoms with Crippen molar-refractivity contribution in [3.05, 3.63) is 78.4 Å². The van der Waals surface area contributed by atoms with Crippen LogP contribution in [0.5, 0.6) is 5.75 Å². The zero-order valence-electron chi connectivity index (χ0n) is 21.9. The summed E-state index contributed by atoms with van der Waals surface area (Å²) in [7, 11) is -2.26. The van der Waals surface area contributed by atoms with Crippen LogP contribution in [0, 0.1) is 11.8 Å². The number of piperidine rings is 1. The van der Waals surface area contributed by atoms with Crippen molar-refractivity contribution in [2.75, 3.05) is 0 Å². The second-order valence-electron chi connectivity index (χ2n) is 11.5. The molecule has 5 nitrogen and oxygen atoms in total. The van der Waals surface area contributed by atoms with Crippen molar-refractivity contribution in [3.63, 3.8) is 0 Å². The van der Waals surface area contributed by atoms with E-state index in [0.29, 0.717) is 11.8 Å². The van der Waals surface area contributed by atoms with Gasteiger partial charge in [-0.2, -0.15) is 0 Å². The van der Waals surface area contributed by atoms with Crippen molar-refractivity contribution < 1.29 is 9.16 Å². The van der Waals surface area contributed by atoms with Gasteiger partial charge in [-0.1, -0.05) is 75.4 Å². The Kier molecular flexibility index (Phi) is 5.82. The molecule has 188 valence electrons. The lowest BCUT2D eigenvalue weighted by atomic mass is 9.73. The van der Waals surface area contributed by atoms with Crippen LogP contribution in [0.25, 0.3) is 0 Å². The molecule has 1 aromatic heterocycles. The molecule has 6 atom stereocenters. The molecule has 0 amide bonds. The number of fused-ring (bicyclic) bond motifs is 4. The summed E-state index contributed by atoms with van der Waals surface area (Å²) >= 11 is 0. The van der Waals surface area contributed by atoms with Crippen LogP contribution in [0.4, 0.5) is 0 Å². The fourth-order valence-electron chi connectivity index (χ4n) is 7.15. The number of aromatic nitrogens is 2. The first-order valence-electron chi connectivity index (χ1n) is 13.4. The fourth-order valence-corrected chi connectivity index (χ4v) is 12.5. The SMILES string of the molecule is CC(C)Oc1cnc(C2CCC(C(C)C)C(C3O[Si]4(c5ccccc5)c5ccccc5C34C)N2)nc1. The van der Waals surface area contributed by atoms with E-state index < -0.39 is 8.32 Å². The molecule has 3 aliphatic rings. The molecule has 36 heavy (non-hydrogen) atoms. The highest BCUT2D eigenvalue weighted by Crippen LogP contribution is 2.57. The standard InChI is InChI=1S/C30H37N3O2Si/c1-19(2)23-15-16-25(29-31-17-21(18-32-29)34-20(3)4)33-27(23)28-30(5)24-13-9-10-14-26(24)36(30,35-28)22-11-7-6-8-12-22/h6-14,17-20,23,25,27-28,33H,15-16H2,1-5H3. The number of ether oxygens (including phenoxy) is 1. The molecule has 4 heterocycles. The molecule has 3 aromatic rings. The maximum absolute atomic E-state index is 7.22. The summed E-state index contributed by atoms with van der Waals surface area (Å²) in [4.78, 5) is 9.39. The molecule has 1 N–H and O–H groups in total. The van der Waals surface area contributed by atoms with E-state index in [2.05, 4.69) is 80.7 Å².